The Morgan fingerprint density at radius 1 is 1.12 bits per heavy atom. The number of carbonyl (C=O) groups excluding carboxylic acids is 2. The highest BCUT2D eigenvalue weighted by Gasteiger charge is 2.26. The summed E-state index contributed by atoms with van der Waals surface area (Å²) in [6.45, 7) is 12.0. The SMILES string of the molecule is CC(=O)COC(=O)\C=C(C)/C=C/C=C(C)\C=C\C1=C(C)CCCC1(C)C. The zero-order valence-electron chi connectivity index (χ0n) is 17.0. The fourth-order valence-electron chi connectivity index (χ4n) is 3.08. The molecule has 26 heavy (non-hydrogen) atoms. The lowest BCUT2D eigenvalue weighted by Crippen LogP contribution is -2.19. The largest absolute Gasteiger partial charge is 0.455 e. The number of ketones is 1. The molecule has 1 rings (SSSR count). The molecule has 142 valence electrons. The van der Waals surface area contributed by atoms with E-state index in [0.717, 1.165) is 11.1 Å². The minimum absolute atomic E-state index is 0.170. The van der Waals surface area contributed by atoms with Gasteiger partial charge < -0.3 is 4.74 Å². The Labute approximate surface area is 158 Å². The Hall–Kier alpha value is -2.16. The van der Waals surface area contributed by atoms with Crippen LogP contribution in [0.3, 0.4) is 0 Å². The summed E-state index contributed by atoms with van der Waals surface area (Å²) in [4.78, 5) is 22.3. The third-order valence-corrected chi connectivity index (χ3v) is 4.54. The summed E-state index contributed by atoms with van der Waals surface area (Å²) < 4.78 is 4.81. The molecule has 0 spiro atoms. The zero-order valence-corrected chi connectivity index (χ0v) is 17.0. The van der Waals surface area contributed by atoms with Gasteiger partial charge in [0, 0.05) is 6.08 Å². The molecule has 0 aromatic heterocycles. The molecule has 0 unspecified atom stereocenters. The normalized spacial score (nSPS) is 18.7. The van der Waals surface area contributed by atoms with Crippen LogP contribution in [0.15, 0.2) is 58.7 Å². The van der Waals surface area contributed by atoms with Gasteiger partial charge in [-0.1, -0.05) is 55.4 Å². The monoisotopic (exact) mass is 356 g/mol. The van der Waals surface area contributed by atoms with Crippen molar-refractivity contribution in [3.63, 3.8) is 0 Å². The first-order valence-corrected chi connectivity index (χ1v) is 9.19. The van der Waals surface area contributed by atoms with Crippen LogP contribution in [0, 0.1) is 5.41 Å². The van der Waals surface area contributed by atoms with Crippen molar-refractivity contribution in [3.05, 3.63) is 58.7 Å². The van der Waals surface area contributed by atoms with Crippen LogP contribution in [0.5, 0.6) is 0 Å². The van der Waals surface area contributed by atoms with E-state index in [0.29, 0.717) is 0 Å². The van der Waals surface area contributed by atoms with Crippen LogP contribution in [-0.4, -0.2) is 18.4 Å². The average Bonchev–Trinajstić information content (AvgIpc) is 2.51. The lowest BCUT2D eigenvalue weighted by molar-refractivity contribution is -0.142. The van der Waals surface area contributed by atoms with Crippen LogP contribution >= 0.6 is 0 Å². The Kier molecular flexibility index (Phi) is 8.50. The van der Waals surface area contributed by atoms with Crippen molar-refractivity contribution >= 4 is 11.8 Å². The van der Waals surface area contributed by atoms with Crippen molar-refractivity contribution in [2.24, 2.45) is 5.41 Å². The molecular formula is C23H32O3. The molecule has 0 amide bonds. The molecule has 0 saturated carbocycles. The van der Waals surface area contributed by atoms with Crippen molar-refractivity contribution in [1.29, 1.82) is 0 Å². The van der Waals surface area contributed by atoms with Gasteiger partial charge in [-0.25, -0.2) is 4.79 Å². The number of hydrogen-bond acceptors (Lipinski definition) is 3. The van der Waals surface area contributed by atoms with Gasteiger partial charge in [-0.2, -0.15) is 0 Å². The van der Waals surface area contributed by atoms with E-state index in [1.165, 1.54) is 43.4 Å². The van der Waals surface area contributed by atoms with Gasteiger partial charge in [0.1, 0.15) is 6.61 Å². The molecular weight excluding hydrogens is 324 g/mol. The number of allylic oxidation sites excluding steroid dienone is 9. The minimum atomic E-state index is -0.495. The maximum absolute atomic E-state index is 11.5. The fourth-order valence-corrected chi connectivity index (χ4v) is 3.08. The molecule has 0 N–H and O–H groups in total. The van der Waals surface area contributed by atoms with Gasteiger partial charge >= 0.3 is 5.97 Å². The second-order valence-corrected chi connectivity index (χ2v) is 7.73. The molecule has 0 saturated heterocycles. The first kappa shape index (κ1) is 21.9. The van der Waals surface area contributed by atoms with E-state index >= 15 is 0 Å². The predicted molar refractivity (Wildman–Crippen MR) is 108 cm³/mol. The van der Waals surface area contributed by atoms with Gasteiger partial charge in [-0.3, -0.25) is 4.79 Å². The molecule has 0 aromatic rings. The highest BCUT2D eigenvalue weighted by atomic mass is 16.5. The van der Waals surface area contributed by atoms with Crippen molar-refractivity contribution in [2.75, 3.05) is 6.61 Å². The lowest BCUT2D eigenvalue weighted by Gasteiger charge is -2.32. The number of ether oxygens (including phenoxy) is 1. The summed E-state index contributed by atoms with van der Waals surface area (Å²) in [6.07, 6.45) is 15.3. The summed E-state index contributed by atoms with van der Waals surface area (Å²) in [5.74, 6) is -0.665. The maximum atomic E-state index is 11.5. The summed E-state index contributed by atoms with van der Waals surface area (Å²) >= 11 is 0. The van der Waals surface area contributed by atoms with E-state index in [2.05, 4.69) is 39.8 Å². The number of esters is 1. The molecule has 3 nitrogen and oxygen atoms in total. The van der Waals surface area contributed by atoms with Crippen LogP contribution in [0.4, 0.5) is 0 Å². The Morgan fingerprint density at radius 3 is 2.42 bits per heavy atom. The molecule has 0 fully saturated rings. The van der Waals surface area contributed by atoms with Crippen LogP contribution in [-0.2, 0) is 14.3 Å². The van der Waals surface area contributed by atoms with Gasteiger partial charge in [0.25, 0.3) is 0 Å². The van der Waals surface area contributed by atoms with E-state index in [-0.39, 0.29) is 17.8 Å². The van der Waals surface area contributed by atoms with Gasteiger partial charge in [0.2, 0.25) is 0 Å². The fraction of sp³-hybridized carbons (Fsp3) is 0.478. The maximum Gasteiger partial charge on any atom is 0.331 e. The Balaban J connectivity index is 2.69. The molecule has 3 heteroatoms. The smallest absolute Gasteiger partial charge is 0.331 e. The quantitative estimate of drug-likeness (QED) is 0.336. The van der Waals surface area contributed by atoms with Crippen molar-refractivity contribution in [3.8, 4) is 0 Å². The number of rotatable bonds is 7. The zero-order chi connectivity index (χ0) is 19.7. The molecule has 0 atom stereocenters. The minimum Gasteiger partial charge on any atom is -0.455 e. The van der Waals surface area contributed by atoms with Crippen LogP contribution in [0.2, 0.25) is 0 Å². The van der Waals surface area contributed by atoms with Crippen molar-refractivity contribution < 1.29 is 14.3 Å². The van der Waals surface area contributed by atoms with E-state index in [1.807, 2.05) is 25.2 Å². The second-order valence-electron chi connectivity index (χ2n) is 7.73. The molecule has 0 radical (unpaired) electrons. The topological polar surface area (TPSA) is 43.4 Å². The van der Waals surface area contributed by atoms with E-state index in [9.17, 15) is 9.59 Å². The Morgan fingerprint density at radius 2 is 1.81 bits per heavy atom. The van der Waals surface area contributed by atoms with Gasteiger partial charge in [0.05, 0.1) is 0 Å². The van der Waals surface area contributed by atoms with Crippen LogP contribution < -0.4 is 0 Å². The van der Waals surface area contributed by atoms with Gasteiger partial charge in [0.15, 0.2) is 5.78 Å². The highest BCUT2D eigenvalue weighted by molar-refractivity contribution is 5.86. The van der Waals surface area contributed by atoms with Crippen molar-refractivity contribution in [2.45, 2.75) is 60.8 Å². The summed E-state index contributed by atoms with van der Waals surface area (Å²) in [5, 5.41) is 0. The molecule has 0 bridgehead atoms. The number of carbonyl (C=O) groups is 2. The summed E-state index contributed by atoms with van der Waals surface area (Å²) in [7, 11) is 0. The average molecular weight is 357 g/mol. The molecule has 0 aromatic carbocycles. The van der Waals surface area contributed by atoms with E-state index < -0.39 is 5.97 Å². The molecule has 0 aliphatic heterocycles. The standard InChI is InChI=1S/C23H32O3/c1-17(12-13-21-19(3)11-8-14-23(21,5)6)9-7-10-18(2)15-22(25)26-16-20(4)24/h7,9-10,12-13,15H,8,11,14,16H2,1-6H3/b10-7+,13-12+,17-9-,18-15-. The second kappa shape index (κ2) is 10.1. The highest BCUT2D eigenvalue weighted by Crippen LogP contribution is 2.40. The molecule has 1 aliphatic carbocycles. The predicted octanol–water partition coefficient (Wildman–Crippen LogP) is 5.65. The number of Topliss-reactive ketones (excluding diaryl/α,β-unsaturated/α-hetero) is 1. The summed E-state index contributed by atoms with van der Waals surface area (Å²) in [6, 6.07) is 0. The third kappa shape index (κ3) is 7.81. The molecule has 0 heterocycles. The van der Waals surface area contributed by atoms with Crippen LogP contribution in [0.1, 0.15) is 60.8 Å². The van der Waals surface area contributed by atoms with Gasteiger partial charge in [-0.05, 0) is 63.5 Å². The first-order chi connectivity index (χ1) is 12.1. The molecule has 1 aliphatic rings. The first-order valence-electron chi connectivity index (χ1n) is 9.19. The van der Waals surface area contributed by atoms with E-state index in [1.54, 1.807) is 0 Å². The van der Waals surface area contributed by atoms with Crippen molar-refractivity contribution in [1.82, 2.24) is 0 Å². The number of hydrogen-bond donors (Lipinski definition) is 0. The lowest BCUT2D eigenvalue weighted by atomic mass is 9.72. The Bertz CT molecular complexity index is 682. The van der Waals surface area contributed by atoms with Gasteiger partial charge in [-0.15, -0.1) is 0 Å². The summed E-state index contributed by atoms with van der Waals surface area (Å²) in [5.41, 5.74) is 5.11. The third-order valence-electron chi connectivity index (χ3n) is 4.54. The van der Waals surface area contributed by atoms with E-state index in [4.69, 9.17) is 4.74 Å². The van der Waals surface area contributed by atoms with Crippen LogP contribution in [0.25, 0.3) is 0 Å².